The molecule has 1 fully saturated rings. The average molecular weight is 355 g/mol. The third-order valence-electron chi connectivity index (χ3n) is 4.06. The van der Waals surface area contributed by atoms with E-state index in [1.807, 2.05) is 24.4 Å². The second-order valence-electron chi connectivity index (χ2n) is 5.79. The molecular formula is C15H21N3O3S2. The lowest BCUT2D eigenvalue weighted by molar-refractivity contribution is 0.286. The first kappa shape index (κ1) is 16.6. The second-order valence-corrected chi connectivity index (χ2v) is 8.83. The van der Waals surface area contributed by atoms with E-state index < -0.39 is 10.0 Å². The summed E-state index contributed by atoms with van der Waals surface area (Å²) in [5.41, 5.74) is 0. The lowest BCUT2D eigenvalue weighted by Gasteiger charge is -2.30. The van der Waals surface area contributed by atoms with Crippen LogP contribution in [-0.2, 0) is 10.0 Å². The standard InChI is InChI=1S/C15H21N3O3S2/c1-2-3-10-23(19,20)18-8-4-6-12(11-18)14-16-17-15(21-14)13-7-5-9-22-13/h5,7,9,12H,2-4,6,8,10-11H2,1H3. The normalized spacial score (nSPS) is 20.0. The van der Waals surface area contributed by atoms with Crippen LogP contribution in [0.2, 0.25) is 0 Å². The molecule has 1 saturated heterocycles. The summed E-state index contributed by atoms with van der Waals surface area (Å²) < 4.78 is 32.1. The summed E-state index contributed by atoms with van der Waals surface area (Å²) in [6, 6.07) is 3.87. The number of hydrogen-bond donors (Lipinski definition) is 0. The summed E-state index contributed by atoms with van der Waals surface area (Å²) in [5.74, 6) is 1.27. The van der Waals surface area contributed by atoms with Gasteiger partial charge in [0.1, 0.15) is 0 Å². The Kier molecular flexibility index (Phi) is 5.13. The molecule has 0 radical (unpaired) electrons. The minimum atomic E-state index is -3.18. The van der Waals surface area contributed by atoms with E-state index in [2.05, 4.69) is 10.2 Å². The fraction of sp³-hybridized carbons (Fsp3) is 0.600. The van der Waals surface area contributed by atoms with Crippen LogP contribution < -0.4 is 0 Å². The first-order chi connectivity index (χ1) is 11.1. The SMILES string of the molecule is CCCCS(=O)(=O)N1CCCC(c2nnc(-c3cccs3)o2)C1. The summed E-state index contributed by atoms with van der Waals surface area (Å²) >= 11 is 1.55. The summed E-state index contributed by atoms with van der Waals surface area (Å²) in [6.45, 7) is 3.03. The van der Waals surface area contributed by atoms with E-state index in [-0.39, 0.29) is 11.7 Å². The van der Waals surface area contributed by atoms with Crippen molar-refractivity contribution in [2.75, 3.05) is 18.8 Å². The Bertz CT molecular complexity index is 725. The Morgan fingerprint density at radius 3 is 3.04 bits per heavy atom. The van der Waals surface area contributed by atoms with Crippen LogP contribution >= 0.6 is 11.3 Å². The van der Waals surface area contributed by atoms with Gasteiger partial charge in [-0.25, -0.2) is 12.7 Å². The quantitative estimate of drug-likeness (QED) is 0.796. The molecule has 0 aliphatic carbocycles. The van der Waals surface area contributed by atoms with E-state index in [9.17, 15) is 8.42 Å². The Morgan fingerprint density at radius 1 is 1.43 bits per heavy atom. The predicted molar refractivity (Wildman–Crippen MR) is 89.9 cm³/mol. The van der Waals surface area contributed by atoms with Crippen LogP contribution in [0.25, 0.3) is 10.8 Å². The van der Waals surface area contributed by atoms with Crippen molar-refractivity contribution in [1.82, 2.24) is 14.5 Å². The Balaban J connectivity index is 1.71. The van der Waals surface area contributed by atoms with Gasteiger partial charge in [0, 0.05) is 13.1 Å². The molecule has 0 amide bonds. The van der Waals surface area contributed by atoms with Crippen molar-refractivity contribution in [3.63, 3.8) is 0 Å². The summed E-state index contributed by atoms with van der Waals surface area (Å²) in [7, 11) is -3.18. The number of aromatic nitrogens is 2. The third-order valence-corrected chi connectivity index (χ3v) is 6.84. The van der Waals surface area contributed by atoms with Crippen molar-refractivity contribution < 1.29 is 12.8 Å². The highest BCUT2D eigenvalue weighted by Gasteiger charge is 2.32. The molecule has 2 aromatic rings. The predicted octanol–water partition coefficient (Wildman–Crippen LogP) is 3.11. The van der Waals surface area contributed by atoms with Gasteiger partial charge in [0.05, 0.1) is 16.5 Å². The third kappa shape index (κ3) is 3.81. The van der Waals surface area contributed by atoms with Gasteiger partial charge in [0.2, 0.25) is 15.9 Å². The highest BCUT2D eigenvalue weighted by atomic mass is 32.2. The molecule has 2 aromatic heterocycles. The van der Waals surface area contributed by atoms with Crippen LogP contribution in [0, 0.1) is 0 Å². The fourth-order valence-electron chi connectivity index (χ4n) is 2.75. The van der Waals surface area contributed by atoms with Gasteiger partial charge in [-0.1, -0.05) is 19.4 Å². The van der Waals surface area contributed by atoms with Gasteiger partial charge < -0.3 is 4.42 Å². The number of piperidine rings is 1. The molecule has 0 bridgehead atoms. The summed E-state index contributed by atoms with van der Waals surface area (Å²) in [5, 5.41) is 10.2. The molecule has 1 atom stereocenters. The molecule has 0 spiro atoms. The Labute approximate surface area is 140 Å². The zero-order chi connectivity index (χ0) is 16.3. The van der Waals surface area contributed by atoms with Gasteiger partial charge >= 0.3 is 0 Å². The molecule has 126 valence electrons. The highest BCUT2D eigenvalue weighted by Crippen LogP contribution is 2.31. The Hall–Kier alpha value is -1.25. The van der Waals surface area contributed by atoms with Crippen molar-refractivity contribution in [2.24, 2.45) is 0 Å². The molecule has 0 N–H and O–H groups in total. The van der Waals surface area contributed by atoms with Gasteiger partial charge in [0.25, 0.3) is 5.89 Å². The zero-order valence-corrected chi connectivity index (χ0v) is 14.8. The first-order valence-corrected chi connectivity index (χ1v) is 10.4. The van der Waals surface area contributed by atoms with Crippen LogP contribution in [-0.4, -0.2) is 41.8 Å². The molecule has 8 heteroatoms. The number of unbranched alkanes of at least 4 members (excludes halogenated alkanes) is 1. The highest BCUT2D eigenvalue weighted by molar-refractivity contribution is 7.89. The average Bonchev–Trinajstić information content (AvgIpc) is 3.24. The number of hydrogen-bond acceptors (Lipinski definition) is 6. The topological polar surface area (TPSA) is 76.3 Å². The molecule has 3 rings (SSSR count). The number of nitrogens with zero attached hydrogens (tertiary/aromatic N) is 3. The molecule has 1 unspecified atom stereocenters. The molecule has 6 nitrogen and oxygen atoms in total. The number of sulfonamides is 1. The van der Waals surface area contributed by atoms with E-state index in [0.29, 0.717) is 31.3 Å². The van der Waals surface area contributed by atoms with E-state index in [0.717, 1.165) is 24.1 Å². The monoisotopic (exact) mass is 355 g/mol. The second kappa shape index (κ2) is 7.11. The van der Waals surface area contributed by atoms with Crippen LogP contribution in [0.15, 0.2) is 21.9 Å². The number of thiophene rings is 1. The van der Waals surface area contributed by atoms with Gasteiger partial charge in [0.15, 0.2) is 0 Å². The van der Waals surface area contributed by atoms with Crippen molar-refractivity contribution >= 4 is 21.4 Å². The summed E-state index contributed by atoms with van der Waals surface area (Å²) in [6.07, 6.45) is 3.29. The maximum Gasteiger partial charge on any atom is 0.257 e. The van der Waals surface area contributed by atoms with Crippen LogP contribution in [0.5, 0.6) is 0 Å². The van der Waals surface area contributed by atoms with Crippen molar-refractivity contribution in [3.05, 3.63) is 23.4 Å². The van der Waals surface area contributed by atoms with Gasteiger partial charge in [-0.05, 0) is 30.7 Å². The zero-order valence-electron chi connectivity index (χ0n) is 13.1. The molecule has 0 saturated carbocycles. The van der Waals surface area contributed by atoms with E-state index in [1.165, 1.54) is 0 Å². The smallest absolute Gasteiger partial charge is 0.257 e. The summed E-state index contributed by atoms with van der Waals surface area (Å²) in [4.78, 5) is 0.937. The molecule has 1 aliphatic heterocycles. The van der Waals surface area contributed by atoms with Crippen LogP contribution in [0.3, 0.4) is 0 Å². The maximum atomic E-state index is 12.4. The molecule has 1 aliphatic rings. The van der Waals surface area contributed by atoms with Gasteiger partial charge in [-0.15, -0.1) is 21.5 Å². The van der Waals surface area contributed by atoms with E-state index in [4.69, 9.17) is 4.42 Å². The molecule has 23 heavy (non-hydrogen) atoms. The fourth-order valence-corrected chi connectivity index (χ4v) is 5.12. The minimum absolute atomic E-state index is 0.0126. The Morgan fingerprint density at radius 2 is 2.30 bits per heavy atom. The maximum absolute atomic E-state index is 12.4. The molecule has 0 aromatic carbocycles. The van der Waals surface area contributed by atoms with Crippen molar-refractivity contribution in [1.29, 1.82) is 0 Å². The van der Waals surface area contributed by atoms with Crippen LogP contribution in [0.1, 0.15) is 44.4 Å². The number of rotatable bonds is 6. The largest absolute Gasteiger partial charge is 0.420 e. The molecular weight excluding hydrogens is 334 g/mol. The minimum Gasteiger partial charge on any atom is -0.420 e. The van der Waals surface area contributed by atoms with E-state index >= 15 is 0 Å². The van der Waals surface area contributed by atoms with Crippen molar-refractivity contribution in [3.8, 4) is 10.8 Å². The molecule has 3 heterocycles. The van der Waals surface area contributed by atoms with E-state index in [1.54, 1.807) is 15.6 Å². The lowest BCUT2D eigenvalue weighted by atomic mass is 10.00. The van der Waals surface area contributed by atoms with Crippen LogP contribution in [0.4, 0.5) is 0 Å². The van der Waals surface area contributed by atoms with Gasteiger partial charge in [-0.3, -0.25) is 0 Å². The first-order valence-electron chi connectivity index (χ1n) is 7.95. The van der Waals surface area contributed by atoms with Crippen molar-refractivity contribution in [2.45, 2.75) is 38.5 Å². The lowest BCUT2D eigenvalue weighted by Crippen LogP contribution is -2.40. The van der Waals surface area contributed by atoms with Gasteiger partial charge in [-0.2, -0.15) is 0 Å².